The lowest BCUT2D eigenvalue weighted by molar-refractivity contribution is -0.400. The summed E-state index contributed by atoms with van der Waals surface area (Å²) in [6, 6.07) is 7.50. The first-order valence-electron chi connectivity index (χ1n) is 9.32. The van der Waals surface area contributed by atoms with Crippen LogP contribution in [-0.2, 0) is 21.5 Å². The monoisotopic (exact) mass is 578 g/mol. The lowest BCUT2D eigenvalue weighted by Crippen LogP contribution is -2.56. The molecule has 11 heteroatoms. The molecule has 0 radical (unpaired) electrons. The summed E-state index contributed by atoms with van der Waals surface area (Å²) in [5, 5.41) is 0. The van der Waals surface area contributed by atoms with Gasteiger partial charge in [0.05, 0.1) is 10.7 Å². The van der Waals surface area contributed by atoms with Gasteiger partial charge in [0.15, 0.2) is 0 Å². The van der Waals surface area contributed by atoms with Crippen molar-refractivity contribution in [2.45, 2.75) is 37.7 Å². The van der Waals surface area contributed by atoms with E-state index in [1.54, 1.807) is 25.1 Å². The van der Waals surface area contributed by atoms with Gasteiger partial charge in [-0.3, -0.25) is 0 Å². The zero-order chi connectivity index (χ0) is 24.2. The number of benzene rings is 2. The number of rotatable bonds is 9. The van der Waals surface area contributed by atoms with Gasteiger partial charge in [0.1, 0.15) is 24.0 Å². The van der Waals surface area contributed by atoms with Crippen LogP contribution in [0.1, 0.15) is 24.5 Å². The maximum absolute atomic E-state index is 13.8. The van der Waals surface area contributed by atoms with Crippen LogP contribution in [0.5, 0.6) is 17.2 Å². The Bertz CT molecular complexity index is 900. The number of methoxy groups -OCH3 is 2. The largest absolute Gasteiger partial charge is 0.496 e. The van der Waals surface area contributed by atoms with Crippen LogP contribution in [-0.4, -0.2) is 33.4 Å². The number of alkyl halides is 6. The highest BCUT2D eigenvalue weighted by atomic mass is 127. The number of halogens is 7. The minimum Gasteiger partial charge on any atom is -0.496 e. The van der Waals surface area contributed by atoms with E-state index in [0.29, 0.717) is 24.0 Å². The van der Waals surface area contributed by atoms with Crippen molar-refractivity contribution < 1.29 is 45.3 Å². The number of aryl methyl sites for hydroxylation is 1. The van der Waals surface area contributed by atoms with Crippen molar-refractivity contribution in [1.29, 1.82) is 0 Å². The normalized spacial score (nSPS) is 12.7. The molecule has 0 spiro atoms. The Hall–Kier alpha value is -1.73. The van der Waals surface area contributed by atoms with Crippen LogP contribution >= 0.6 is 22.6 Å². The van der Waals surface area contributed by atoms with Crippen molar-refractivity contribution in [1.82, 2.24) is 0 Å². The lowest BCUT2D eigenvalue weighted by atomic mass is 9.89. The molecule has 0 atom stereocenters. The molecule has 2 aromatic carbocycles. The molecule has 2 aromatic rings. The zero-order valence-electron chi connectivity index (χ0n) is 17.4. The number of hydrogen-bond donors (Lipinski definition) is 0. The van der Waals surface area contributed by atoms with E-state index in [1.807, 2.05) is 22.6 Å². The molecule has 0 unspecified atom stereocenters. The molecule has 0 aliphatic heterocycles. The maximum Gasteiger partial charge on any atom is 0.430 e. The highest BCUT2D eigenvalue weighted by molar-refractivity contribution is 14.1. The number of hydrogen-bond acceptors (Lipinski definition) is 4. The third-order valence-electron chi connectivity index (χ3n) is 4.53. The third kappa shape index (κ3) is 5.42. The summed E-state index contributed by atoms with van der Waals surface area (Å²) in [5.41, 5.74) is -5.49. The Labute approximate surface area is 194 Å². The fourth-order valence-corrected chi connectivity index (χ4v) is 3.63. The van der Waals surface area contributed by atoms with Crippen LogP contribution in [0.15, 0.2) is 36.4 Å². The number of ether oxygens (including phenoxy) is 4. The average Bonchev–Trinajstić information content (AvgIpc) is 2.69. The summed E-state index contributed by atoms with van der Waals surface area (Å²) in [6.07, 6.45) is -10.9. The van der Waals surface area contributed by atoms with Crippen molar-refractivity contribution >= 4 is 22.6 Å². The van der Waals surface area contributed by atoms with E-state index in [1.165, 1.54) is 7.11 Å². The van der Waals surface area contributed by atoms with Gasteiger partial charge in [0.2, 0.25) is 0 Å². The smallest absolute Gasteiger partial charge is 0.430 e. The molecule has 0 aromatic heterocycles. The van der Waals surface area contributed by atoms with Gasteiger partial charge in [0.25, 0.3) is 5.60 Å². The average molecular weight is 578 g/mol. The Kier molecular flexibility index (Phi) is 8.68. The van der Waals surface area contributed by atoms with Gasteiger partial charge in [-0.25, -0.2) is 0 Å². The van der Waals surface area contributed by atoms with E-state index in [9.17, 15) is 26.3 Å². The Morgan fingerprint density at radius 3 is 2.06 bits per heavy atom. The van der Waals surface area contributed by atoms with Gasteiger partial charge in [-0.2, -0.15) is 26.3 Å². The Morgan fingerprint density at radius 1 is 0.875 bits per heavy atom. The molecule has 4 nitrogen and oxygen atoms in total. The predicted octanol–water partition coefficient (Wildman–Crippen LogP) is 6.99. The second-order valence-electron chi connectivity index (χ2n) is 6.70. The second-order valence-corrected chi connectivity index (χ2v) is 7.86. The molecule has 32 heavy (non-hydrogen) atoms. The van der Waals surface area contributed by atoms with Gasteiger partial charge in [-0.1, -0.05) is 19.4 Å². The first-order chi connectivity index (χ1) is 14.9. The summed E-state index contributed by atoms with van der Waals surface area (Å²) in [7, 11) is 2.40. The molecule has 0 saturated carbocycles. The molecule has 2 rings (SSSR count). The molecule has 178 valence electrons. The van der Waals surface area contributed by atoms with Crippen molar-refractivity contribution in [3.05, 3.63) is 51.1 Å². The first kappa shape index (κ1) is 26.5. The maximum atomic E-state index is 13.8. The summed E-state index contributed by atoms with van der Waals surface area (Å²) >= 11 is 2.05. The summed E-state index contributed by atoms with van der Waals surface area (Å²) in [6.45, 7) is 0.537. The molecule has 0 heterocycles. The molecular formula is C21H21F6IO4. The molecule has 0 saturated heterocycles. The summed E-state index contributed by atoms with van der Waals surface area (Å²) in [4.78, 5) is 0. The van der Waals surface area contributed by atoms with Crippen LogP contribution in [0.25, 0.3) is 0 Å². The minimum absolute atomic E-state index is 0.129. The Morgan fingerprint density at radius 2 is 1.53 bits per heavy atom. The van der Waals surface area contributed by atoms with E-state index in [2.05, 4.69) is 9.47 Å². The SMILES string of the molecule is CCCc1cc(C(OCOC)(C(F)(F)F)C(F)(F)F)ccc1Oc1ccc(I)c(OC)c1. The van der Waals surface area contributed by atoms with E-state index in [-0.39, 0.29) is 17.7 Å². The summed E-state index contributed by atoms with van der Waals surface area (Å²) in [5.74, 6) is 0.961. The Balaban J connectivity index is 2.60. The molecule has 0 bridgehead atoms. The standard InChI is InChI=1S/C21H21F6IO4/c1-4-5-13-10-14(19(20(22,23)24,21(25,26)27)31-12-29-2)6-9-17(13)32-15-7-8-16(28)18(11-15)30-3/h6-11H,4-5,12H2,1-3H3. The molecule has 0 aliphatic rings. The lowest BCUT2D eigenvalue weighted by Gasteiger charge is -2.37. The van der Waals surface area contributed by atoms with Crippen LogP contribution in [0, 0.1) is 3.57 Å². The summed E-state index contributed by atoms with van der Waals surface area (Å²) < 4.78 is 103. The third-order valence-corrected chi connectivity index (χ3v) is 5.42. The predicted molar refractivity (Wildman–Crippen MR) is 113 cm³/mol. The molecule has 0 amide bonds. The van der Waals surface area contributed by atoms with E-state index >= 15 is 0 Å². The highest BCUT2D eigenvalue weighted by Gasteiger charge is 2.73. The van der Waals surface area contributed by atoms with Crippen LogP contribution in [0.4, 0.5) is 26.3 Å². The van der Waals surface area contributed by atoms with Gasteiger partial charge in [0, 0.05) is 18.7 Å². The van der Waals surface area contributed by atoms with Crippen LogP contribution in [0.3, 0.4) is 0 Å². The van der Waals surface area contributed by atoms with Gasteiger partial charge in [-0.15, -0.1) is 0 Å². The molecule has 0 fully saturated rings. The van der Waals surface area contributed by atoms with E-state index < -0.39 is 30.3 Å². The van der Waals surface area contributed by atoms with Crippen LogP contribution < -0.4 is 9.47 Å². The van der Waals surface area contributed by atoms with Crippen molar-refractivity contribution in [2.75, 3.05) is 21.0 Å². The van der Waals surface area contributed by atoms with Crippen molar-refractivity contribution in [3.63, 3.8) is 0 Å². The molecular weight excluding hydrogens is 557 g/mol. The van der Waals surface area contributed by atoms with E-state index in [4.69, 9.17) is 9.47 Å². The highest BCUT2D eigenvalue weighted by Crippen LogP contribution is 2.53. The van der Waals surface area contributed by atoms with E-state index in [0.717, 1.165) is 22.8 Å². The van der Waals surface area contributed by atoms with Gasteiger partial charge >= 0.3 is 12.4 Å². The van der Waals surface area contributed by atoms with Crippen molar-refractivity contribution in [3.8, 4) is 17.2 Å². The first-order valence-corrected chi connectivity index (χ1v) is 10.4. The van der Waals surface area contributed by atoms with Crippen LogP contribution in [0.2, 0.25) is 0 Å². The topological polar surface area (TPSA) is 36.9 Å². The van der Waals surface area contributed by atoms with Crippen molar-refractivity contribution in [2.24, 2.45) is 0 Å². The quantitative estimate of drug-likeness (QED) is 0.183. The fourth-order valence-electron chi connectivity index (χ4n) is 3.08. The molecule has 0 N–H and O–H groups in total. The molecule has 0 aliphatic carbocycles. The van der Waals surface area contributed by atoms with Gasteiger partial charge in [-0.05, 0) is 58.8 Å². The van der Waals surface area contributed by atoms with Gasteiger partial charge < -0.3 is 18.9 Å². The zero-order valence-corrected chi connectivity index (χ0v) is 19.5. The fraction of sp³-hybridized carbons (Fsp3) is 0.429. The second kappa shape index (κ2) is 10.5. The minimum atomic E-state index is -5.79.